The van der Waals surface area contributed by atoms with Crippen LogP contribution in [0.4, 0.5) is 0 Å². The highest BCUT2D eigenvalue weighted by Crippen LogP contribution is 2.25. The summed E-state index contributed by atoms with van der Waals surface area (Å²) < 4.78 is 0. The molecule has 0 aromatic heterocycles. The van der Waals surface area contributed by atoms with Crippen LogP contribution in [0.3, 0.4) is 0 Å². The number of nitrogens with zero attached hydrogens (tertiary/aromatic N) is 1. The standard InChI is InChI=1S/C14H9NO2/c15-8-10-1-3-11(4-2-10)12-5-6-13(9-16)14(17)7-12/h1-7,9,17H. The molecule has 1 N–H and O–H groups in total. The molecule has 0 unspecified atom stereocenters. The van der Waals surface area contributed by atoms with E-state index in [1.54, 1.807) is 36.4 Å². The second kappa shape index (κ2) is 4.50. The Bertz CT molecular complexity index is 595. The summed E-state index contributed by atoms with van der Waals surface area (Å²) in [5, 5.41) is 18.3. The lowest BCUT2D eigenvalue weighted by molar-refractivity contribution is 0.112. The summed E-state index contributed by atoms with van der Waals surface area (Å²) in [5.74, 6) is -0.0399. The van der Waals surface area contributed by atoms with Gasteiger partial charge in [-0.2, -0.15) is 5.26 Å². The molecule has 0 radical (unpaired) electrons. The molecule has 0 fully saturated rings. The van der Waals surface area contributed by atoms with Crippen LogP contribution < -0.4 is 0 Å². The lowest BCUT2D eigenvalue weighted by Crippen LogP contribution is -1.84. The second-order valence-electron chi connectivity index (χ2n) is 3.58. The molecular weight excluding hydrogens is 214 g/mol. The lowest BCUT2D eigenvalue weighted by atomic mass is 10.0. The van der Waals surface area contributed by atoms with E-state index in [4.69, 9.17) is 5.26 Å². The summed E-state index contributed by atoms with van der Waals surface area (Å²) in [4.78, 5) is 10.6. The van der Waals surface area contributed by atoms with Crippen molar-refractivity contribution in [2.24, 2.45) is 0 Å². The van der Waals surface area contributed by atoms with Gasteiger partial charge < -0.3 is 5.11 Å². The van der Waals surface area contributed by atoms with Gasteiger partial charge in [-0.05, 0) is 35.4 Å². The van der Waals surface area contributed by atoms with Gasteiger partial charge >= 0.3 is 0 Å². The quantitative estimate of drug-likeness (QED) is 0.796. The molecule has 0 spiro atoms. The number of rotatable bonds is 2. The van der Waals surface area contributed by atoms with Gasteiger partial charge in [-0.25, -0.2) is 0 Å². The zero-order valence-corrected chi connectivity index (χ0v) is 8.92. The predicted octanol–water partition coefficient (Wildman–Crippen LogP) is 2.74. The first-order valence-electron chi connectivity index (χ1n) is 5.03. The summed E-state index contributed by atoms with van der Waals surface area (Å²) in [5.41, 5.74) is 2.54. The molecule has 17 heavy (non-hydrogen) atoms. The fourth-order valence-electron chi connectivity index (χ4n) is 1.56. The smallest absolute Gasteiger partial charge is 0.153 e. The topological polar surface area (TPSA) is 61.1 Å². The normalized spacial score (nSPS) is 9.59. The van der Waals surface area contributed by atoms with Crippen LogP contribution in [0.1, 0.15) is 15.9 Å². The Morgan fingerprint density at radius 3 is 2.24 bits per heavy atom. The van der Waals surface area contributed by atoms with Crippen LogP contribution in [0.5, 0.6) is 5.75 Å². The predicted molar refractivity (Wildman–Crippen MR) is 63.6 cm³/mol. The van der Waals surface area contributed by atoms with Crippen molar-refractivity contribution in [3.05, 3.63) is 53.6 Å². The minimum atomic E-state index is -0.0399. The maximum absolute atomic E-state index is 10.6. The number of hydrogen-bond acceptors (Lipinski definition) is 3. The monoisotopic (exact) mass is 223 g/mol. The first-order valence-corrected chi connectivity index (χ1v) is 5.03. The maximum Gasteiger partial charge on any atom is 0.153 e. The van der Waals surface area contributed by atoms with Crippen LogP contribution in [0.15, 0.2) is 42.5 Å². The van der Waals surface area contributed by atoms with Crippen molar-refractivity contribution in [2.45, 2.75) is 0 Å². The Morgan fingerprint density at radius 1 is 1.06 bits per heavy atom. The lowest BCUT2D eigenvalue weighted by Gasteiger charge is -2.04. The first-order chi connectivity index (χ1) is 8.24. The Kier molecular flexibility index (Phi) is 2.89. The van der Waals surface area contributed by atoms with Gasteiger partial charge in [0.25, 0.3) is 0 Å². The molecule has 3 nitrogen and oxygen atoms in total. The van der Waals surface area contributed by atoms with Crippen molar-refractivity contribution in [1.82, 2.24) is 0 Å². The van der Waals surface area contributed by atoms with Crippen molar-refractivity contribution >= 4 is 6.29 Å². The van der Waals surface area contributed by atoms with E-state index in [2.05, 4.69) is 0 Å². The molecule has 0 heterocycles. The van der Waals surface area contributed by atoms with E-state index in [0.29, 0.717) is 11.8 Å². The van der Waals surface area contributed by atoms with Crippen LogP contribution in [0.2, 0.25) is 0 Å². The van der Waals surface area contributed by atoms with Gasteiger partial charge in [0.2, 0.25) is 0 Å². The molecule has 82 valence electrons. The van der Waals surface area contributed by atoms with Gasteiger partial charge in [0.1, 0.15) is 5.75 Å². The fourth-order valence-corrected chi connectivity index (χ4v) is 1.56. The minimum absolute atomic E-state index is 0.0399. The van der Waals surface area contributed by atoms with Gasteiger partial charge in [0.05, 0.1) is 17.2 Å². The van der Waals surface area contributed by atoms with Crippen LogP contribution in [0, 0.1) is 11.3 Å². The van der Waals surface area contributed by atoms with Gasteiger partial charge in [-0.15, -0.1) is 0 Å². The number of carbonyl (C=O) groups is 1. The average molecular weight is 223 g/mol. The van der Waals surface area contributed by atoms with E-state index < -0.39 is 0 Å². The van der Waals surface area contributed by atoms with Crippen molar-refractivity contribution in [1.29, 1.82) is 5.26 Å². The molecule has 0 amide bonds. The Morgan fingerprint density at radius 2 is 1.71 bits per heavy atom. The van der Waals surface area contributed by atoms with E-state index in [-0.39, 0.29) is 11.3 Å². The fraction of sp³-hybridized carbons (Fsp3) is 0. The van der Waals surface area contributed by atoms with E-state index in [9.17, 15) is 9.90 Å². The Labute approximate surface area is 98.6 Å². The zero-order valence-electron chi connectivity index (χ0n) is 8.92. The Hall–Kier alpha value is -2.60. The molecule has 0 saturated carbocycles. The number of aromatic hydroxyl groups is 1. The van der Waals surface area contributed by atoms with Crippen molar-refractivity contribution < 1.29 is 9.90 Å². The number of aldehydes is 1. The average Bonchev–Trinajstić information content (AvgIpc) is 2.39. The number of carbonyl (C=O) groups excluding carboxylic acids is 1. The highest BCUT2D eigenvalue weighted by atomic mass is 16.3. The number of phenolic OH excluding ortho intramolecular Hbond substituents is 1. The molecule has 0 bridgehead atoms. The summed E-state index contributed by atoms with van der Waals surface area (Å²) in [6.07, 6.45) is 0.609. The van der Waals surface area contributed by atoms with E-state index in [1.807, 2.05) is 6.07 Å². The van der Waals surface area contributed by atoms with E-state index in [0.717, 1.165) is 11.1 Å². The van der Waals surface area contributed by atoms with E-state index in [1.165, 1.54) is 6.07 Å². The number of phenols is 1. The summed E-state index contributed by atoms with van der Waals surface area (Å²) >= 11 is 0. The maximum atomic E-state index is 10.6. The van der Waals surface area contributed by atoms with E-state index >= 15 is 0 Å². The molecule has 0 aliphatic heterocycles. The third kappa shape index (κ3) is 2.16. The molecule has 0 atom stereocenters. The van der Waals surface area contributed by atoms with Crippen LogP contribution >= 0.6 is 0 Å². The van der Waals surface area contributed by atoms with Crippen LogP contribution in [-0.2, 0) is 0 Å². The molecule has 2 rings (SSSR count). The molecule has 2 aromatic rings. The zero-order chi connectivity index (χ0) is 12.3. The molecule has 0 aliphatic carbocycles. The Balaban J connectivity index is 2.43. The molecule has 0 aliphatic rings. The third-order valence-corrected chi connectivity index (χ3v) is 2.50. The van der Waals surface area contributed by atoms with Crippen LogP contribution in [-0.4, -0.2) is 11.4 Å². The molecule has 2 aromatic carbocycles. The van der Waals surface area contributed by atoms with Gasteiger partial charge in [0.15, 0.2) is 6.29 Å². The first kappa shape index (κ1) is 10.9. The SMILES string of the molecule is N#Cc1ccc(-c2ccc(C=O)c(O)c2)cc1. The minimum Gasteiger partial charge on any atom is -0.507 e. The van der Waals surface area contributed by atoms with Crippen LogP contribution in [0.25, 0.3) is 11.1 Å². The third-order valence-electron chi connectivity index (χ3n) is 2.50. The summed E-state index contributed by atoms with van der Waals surface area (Å²) in [6, 6.07) is 13.9. The largest absolute Gasteiger partial charge is 0.507 e. The van der Waals surface area contributed by atoms with Crippen molar-refractivity contribution in [3.8, 4) is 22.9 Å². The van der Waals surface area contributed by atoms with Gasteiger partial charge in [0, 0.05) is 0 Å². The summed E-state index contributed by atoms with van der Waals surface area (Å²) in [6.45, 7) is 0. The molecule has 3 heteroatoms. The summed E-state index contributed by atoms with van der Waals surface area (Å²) in [7, 11) is 0. The second-order valence-corrected chi connectivity index (χ2v) is 3.58. The molecular formula is C14H9NO2. The number of nitriles is 1. The van der Waals surface area contributed by atoms with Crippen molar-refractivity contribution in [2.75, 3.05) is 0 Å². The van der Waals surface area contributed by atoms with Gasteiger partial charge in [-0.3, -0.25) is 4.79 Å². The highest BCUT2D eigenvalue weighted by molar-refractivity contribution is 5.81. The number of hydrogen-bond donors (Lipinski definition) is 1. The number of benzene rings is 2. The van der Waals surface area contributed by atoms with Crippen molar-refractivity contribution in [3.63, 3.8) is 0 Å². The van der Waals surface area contributed by atoms with Gasteiger partial charge in [-0.1, -0.05) is 18.2 Å². The highest BCUT2D eigenvalue weighted by Gasteiger charge is 2.03. The molecule has 0 saturated heterocycles.